The van der Waals surface area contributed by atoms with Crippen LogP contribution in [0.5, 0.6) is 0 Å². The maximum Gasteiger partial charge on any atom is 0.326 e. The van der Waals surface area contributed by atoms with Crippen molar-refractivity contribution in [1.82, 2.24) is 10.6 Å². The fourth-order valence-corrected chi connectivity index (χ4v) is 2.22. The molecule has 0 saturated carbocycles. The normalized spacial score (nSPS) is 13.7. The predicted octanol–water partition coefficient (Wildman–Crippen LogP) is 0.842. The van der Waals surface area contributed by atoms with Gasteiger partial charge < -0.3 is 20.8 Å². The molecule has 0 aliphatic carbocycles. The van der Waals surface area contributed by atoms with Gasteiger partial charge in [0.2, 0.25) is 11.8 Å². The first-order valence-electron chi connectivity index (χ1n) is 7.62. The van der Waals surface area contributed by atoms with Gasteiger partial charge in [-0.2, -0.15) is 0 Å². The molecule has 0 spiro atoms. The Morgan fingerprint density at radius 1 is 1.08 bits per heavy atom. The van der Waals surface area contributed by atoms with Gasteiger partial charge in [0, 0.05) is 0 Å². The van der Waals surface area contributed by atoms with E-state index in [0.717, 1.165) is 0 Å². The van der Waals surface area contributed by atoms with Crippen molar-refractivity contribution in [2.24, 2.45) is 5.41 Å². The van der Waals surface area contributed by atoms with E-state index in [0.29, 0.717) is 5.56 Å². The van der Waals surface area contributed by atoms with Gasteiger partial charge in [0.25, 0.3) is 0 Å². The Morgan fingerprint density at radius 2 is 1.67 bits per heavy atom. The quantitative estimate of drug-likeness (QED) is 0.589. The molecule has 2 amide bonds. The van der Waals surface area contributed by atoms with Gasteiger partial charge in [-0.25, -0.2) is 4.79 Å². The van der Waals surface area contributed by atoms with Gasteiger partial charge in [-0.05, 0) is 17.4 Å². The van der Waals surface area contributed by atoms with Crippen LogP contribution in [0.15, 0.2) is 30.3 Å². The molecule has 0 aliphatic heterocycles. The lowest BCUT2D eigenvalue weighted by molar-refractivity contribution is -0.143. The number of carboxylic acids is 1. The molecule has 0 heterocycles. The number of hydrogen-bond acceptors (Lipinski definition) is 4. The van der Waals surface area contributed by atoms with E-state index in [-0.39, 0.29) is 11.8 Å². The Kier molecular flexibility index (Phi) is 6.91. The van der Waals surface area contributed by atoms with Crippen LogP contribution in [0.25, 0.3) is 0 Å². The Labute approximate surface area is 141 Å². The number of benzene rings is 1. The van der Waals surface area contributed by atoms with Gasteiger partial charge >= 0.3 is 5.97 Å². The SMILES string of the molecule is CC(C)(C)C[C@@H](NC(=O)[C@H](NC(=O)CO)c1ccccc1)C(=O)O. The minimum absolute atomic E-state index is 0.240. The van der Waals surface area contributed by atoms with Crippen LogP contribution < -0.4 is 10.6 Å². The summed E-state index contributed by atoms with van der Waals surface area (Å²) < 4.78 is 0. The fourth-order valence-electron chi connectivity index (χ4n) is 2.22. The highest BCUT2D eigenvalue weighted by Gasteiger charge is 2.30. The first-order chi connectivity index (χ1) is 11.1. The average molecular weight is 336 g/mol. The second-order valence-electron chi connectivity index (χ2n) is 6.73. The lowest BCUT2D eigenvalue weighted by Crippen LogP contribution is -2.48. The van der Waals surface area contributed by atoms with Crippen LogP contribution >= 0.6 is 0 Å². The third-order valence-electron chi connectivity index (χ3n) is 3.28. The minimum Gasteiger partial charge on any atom is -0.480 e. The van der Waals surface area contributed by atoms with Crippen LogP contribution in [0.2, 0.25) is 0 Å². The molecule has 0 saturated heterocycles. The summed E-state index contributed by atoms with van der Waals surface area (Å²) in [7, 11) is 0. The smallest absolute Gasteiger partial charge is 0.326 e. The van der Waals surface area contributed by atoms with Gasteiger partial charge in [0.15, 0.2) is 0 Å². The molecule has 24 heavy (non-hydrogen) atoms. The highest BCUT2D eigenvalue weighted by Crippen LogP contribution is 2.22. The number of amides is 2. The zero-order valence-electron chi connectivity index (χ0n) is 14.1. The molecule has 0 aromatic heterocycles. The number of carbonyl (C=O) groups is 3. The molecule has 1 aromatic rings. The van der Waals surface area contributed by atoms with E-state index >= 15 is 0 Å². The van der Waals surface area contributed by atoms with Gasteiger partial charge in [0.1, 0.15) is 18.7 Å². The van der Waals surface area contributed by atoms with Gasteiger partial charge in [0.05, 0.1) is 0 Å². The Morgan fingerprint density at radius 3 is 2.12 bits per heavy atom. The second kappa shape index (κ2) is 8.44. The molecule has 0 radical (unpaired) electrons. The summed E-state index contributed by atoms with van der Waals surface area (Å²) in [6, 6.07) is 6.28. The van der Waals surface area contributed by atoms with Gasteiger partial charge in [-0.3, -0.25) is 9.59 Å². The Bertz CT molecular complexity index is 580. The summed E-state index contributed by atoms with van der Waals surface area (Å²) >= 11 is 0. The van der Waals surface area contributed by atoms with Crippen LogP contribution in [0.3, 0.4) is 0 Å². The molecule has 0 aliphatic rings. The second-order valence-corrected chi connectivity index (χ2v) is 6.73. The third-order valence-corrected chi connectivity index (χ3v) is 3.28. The van der Waals surface area contributed by atoms with Crippen LogP contribution in [0.4, 0.5) is 0 Å². The lowest BCUT2D eigenvalue weighted by Gasteiger charge is -2.26. The molecule has 1 aromatic carbocycles. The molecule has 132 valence electrons. The van der Waals surface area contributed by atoms with Crippen LogP contribution in [0, 0.1) is 5.41 Å². The molecule has 7 heteroatoms. The van der Waals surface area contributed by atoms with E-state index in [4.69, 9.17) is 5.11 Å². The number of carboxylic acid groups (broad SMARTS) is 1. The van der Waals surface area contributed by atoms with E-state index in [2.05, 4.69) is 10.6 Å². The summed E-state index contributed by atoms with van der Waals surface area (Å²) in [6.45, 7) is 4.85. The molecule has 0 fully saturated rings. The van der Waals surface area contributed by atoms with Crippen molar-refractivity contribution in [2.75, 3.05) is 6.61 Å². The maximum absolute atomic E-state index is 12.5. The van der Waals surface area contributed by atoms with E-state index in [1.165, 1.54) is 0 Å². The summed E-state index contributed by atoms with van der Waals surface area (Å²) in [5.41, 5.74) is 0.198. The molecule has 1 rings (SSSR count). The summed E-state index contributed by atoms with van der Waals surface area (Å²) in [5.74, 6) is -2.50. The maximum atomic E-state index is 12.5. The molecular weight excluding hydrogens is 312 g/mol. The standard InChI is InChI=1S/C17H24N2O5/c1-17(2,3)9-12(16(23)24)18-15(22)14(19-13(21)10-20)11-7-5-4-6-8-11/h4-8,12,14,20H,9-10H2,1-3H3,(H,18,22)(H,19,21)(H,23,24)/t12-,14-/m1/s1. The predicted molar refractivity (Wildman–Crippen MR) is 88.1 cm³/mol. The third kappa shape index (κ3) is 6.37. The van der Waals surface area contributed by atoms with E-state index in [9.17, 15) is 19.5 Å². The van der Waals surface area contributed by atoms with Crippen molar-refractivity contribution < 1.29 is 24.6 Å². The van der Waals surface area contributed by atoms with Crippen LogP contribution in [0.1, 0.15) is 38.8 Å². The molecule has 4 N–H and O–H groups in total. The fraction of sp³-hybridized carbons (Fsp3) is 0.471. The zero-order valence-corrected chi connectivity index (χ0v) is 14.1. The first kappa shape index (κ1) is 19.6. The largest absolute Gasteiger partial charge is 0.480 e. The lowest BCUT2D eigenvalue weighted by atomic mass is 9.88. The van der Waals surface area contributed by atoms with E-state index in [1.807, 2.05) is 20.8 Å². The van der Waals surface area contributed by atoms with E-state index in [1.54, 1.807) is 30.3 Å². The molecule has 7 nitrogen and oxygen atoms in total. The van der Waals surface area contributed by atoms with Crippen LogP contribution in [-0.2, 0) is 14.4 Å². The number of aliphatic hydroxyl groups excluding tert-OH is 1. The first-order valence-corrected chi connectivity index (χ1v) is 7.62. The minimum atomic E-state index is -1.14. The van der Waals surface area contributed by atoms with Crippen molar-refractivity contribution >= 4 is 17.8 Å². The average Bonchev–Trinajstić information content (AvgIpc) is 2.51. The number of hydrogen-bond donors (Lipinski definition) is 4. The number of aliphatic hydroxyl groups is 1. The molecule has 2 atom stereocenters. The zero-order chi connectivity index (χ0) is 18.3. The monoisotopic (exact) mass is 336 g/mol. The van der Waals surface area contributed by atoms with E-state index < -0.39 is 36.5 Å². The number of carbonyl (C=O) groups excluding carboxylic acids is 2. The Balaban J connectivity index is 2.98. The summed E-state index contributed by atoms with van der Waals surface area (Å²) in [4.78, 5) is 35.4. The van der Waals surface area contributed by atoms with Gasteiger partial charge in [-0.15, -0.1) is 0 Å². The van der Waals surface area contributed by atoms with Crippen molar-refractivity contribution in [1.29, 1.82) is 0 Å². The van der Waals surface area contributed by atoms with Crippen LogP contribution in [-0.4, -0.2) is 40.6 Å². The molecule has 0 bridgehead atoms. The van der Waals surface area contributed by atoms with Crippen molar-refractivity contribution in [3.8, 4) is 0 Å². The number of nitrogens with one attached hydrogen (secondary N) is 2. The summed E-state index contributed by atoms with van der Waals surface area (Å²) in [5, 5.41) is 23.1. The molecule has 0 unspecified atom stereocenters. The Hall–Kier alpha value is -2.41. The highest BCUT2D eigenvalue weighted by atomic mass is 16.4. The number of aliphatic carboxylic acids is 1. The highest BCUT2D eigenvalue weighted by molar-refractivity contribution is 5.91. The topological polar surface area (TPSA) is 116 Å². The number of rotatable bonds is 7. The van der Waals surface area contributed by atoms with Crippen molar-refractivity contribution in [3.05, 3.63) is 35.9 Å². The van der Waals surface area contributed by atoms with Gasteiger partial charge in [-0.1, -0.05) is 51.1 Å². The molecular formula is C17H24N2O5. The van der Waals surface area contributed by atoms with Crippen molar-refractivity contribution in [3.63, 3.8) is 0 Å². The summed E-state index contributed by atoms with van der Waals surface area (Å²) in [6.07, 6.45) is 0.240. The van der Waals surface area contributed by atoms with Crippen molar-refractivity contribution in [2.45, 2.75) is 39.3 Å².